The quantitative estimate of drug-likeness (QED) is 0.641. The van der Waals surface area contributed by atoms with Crippen LogP contribution < -0.4 is 4.74 Å². The number of hydrogen-bond donors (Lipinski definition) is 4. The third-order valence-corrected chi connectivity index (χ3v) is 3.28. The van der Waals surface area contributed by atoms with Crippen molar-refractivity contribution >= 4 is 5.78 Å². The first-order valence-electron chi connectivity index (χ1n) is 6.23. The predicted molar refractivity (Wildman–Crippen MR) is 71.9 cm³/mol. The molecule has 0 fully saturated rings. The molecule has 0 spiro atoms. The molecule has 1 atom stereocenters. The summed E-state index contributed by atoms with van der Waals surface area (Å²) in [4.78, 5) is 12.1. The number of ketones is 1. The minimum Gasteiger partial charge on any atom is -0.508 e. The maximum Gasteiger partial charge on any atom is 0.174 e. The normalized spacial score (nSPS) is 17.1. The minimum absolute atomic E-state index is 0.0217. The van der Waals surface area contributed by atoms with Gasteiger partial charge < -0.3 is 25.2 Å². The molecular formula is C15H12O6. The average Bonchev–Trinajstić information content (AvgIpc) is 2.35. The fourth-order valence-corrected chi connectivity index (χ4v) is 2.42. The number of phenols is 4. The van der Waals surface area contributed by atoms with Gasteiger partial charge in [0.2, 0.25) is 0 Å². The van der Waals surface area contributed by atoms with Crippen LogP contribution in [-0.4, -0.2) is 26.2 Å². The number of benzene rings is 2. The Hall–Kier alpha value is -2.89. The maximum atomic E-state index is 12.1. The molecule has 0 saturated carbocycles. The topological polar surface area (TPSA) is 107 Å². The minimum atomic E-state index is -0.718. The summed E-state index contributed by atoms with van der Waals surface area (Å²) in [5.74, 6) is -1.14. The second-order valence-electron chi connectivity index (χ2n) is 4.85. The number of hydrogen-bond acceptors (Lipinski definition) is 6. The Morgan fingerprint density at radius 3 is 2.19 bits per heavy atom. The second-order valence-corrected chi connectivity index (χ2v) is 4.85. The number of Topliss-reactive ketones (excluding diaryl/α,β-unsaturated/α-hetero) is 1. The third kappa shape index (κ3) is 2.31. The van der Waals surface area contributed by atoms with Crippen molar-refractivity contribution < 1.29 is 30.0 Å². The van der Waals surface area contributed by atoms with Crippen molar-refractivity contribution in [2.24, 2.45) is 0 Å². The Kier molecular flexibility index (Phi) is 2.86. The summed E-state index contributed by atoms with van der Waals surface area (Å²) >= 11 is 0. The Morgan fingerprint density at radius 1 is 0.905 bits per heavy atom. The van der Waals surface area contributed by atoms with Gasteiger partial charge in [0.15, 0.2) is 5.78 Å². The first-order chi connectivity index (χ1) is 9.94. The van der Waals surface area contributed by atoms with E-state index < -0.39 is 6.10 Å². The summed E-state index contributed by atoms with van der Waals surface area (Å²) in [5, 5.41) is 38.2. The Bertz CT molecular complexity index is 717. The molecule has 108 valence electrons. The standard InChI is InChI=1S/C15H12O6/c16-8-1-7(2-9(17)3-8)13-6-12(20)15-11(19)4-10(18)5-14(15)21-13/h1-5,13,16-19H,6H2/t13-/m0/s1. The lowest BCUT2D eigenvalue weighted by Gasteiger charge is -2.26. The maximum absolute atomic E-state index is 12.1. The van der Waals surface area contributed by atoms with Gasteiger partial charge in [-0.2, -0.15) is 0 Å². The molecule has 1 heterocycles. The largest absolute Gasteiger partial charge is 0.508 e. The van der Waals surface area contributed by atoms with Crippen LogP contribution in [0.3, 0.4) is 0 Å². The summed E-state index contributed by atoms with van der Waals surface area (Å²) in [6.45, 7) is 0. The van der Waals surface area contributed by atoms with Crippen molar-refractivity contribution in [3.63, 3.8) is 0 Å². The van der Waals surface area contributed by atoms with Crippen LogP contribution >= 0.6 is 0 Å². The van der Waals surface area contributed by atoms with Crippen LogP contribution in [0.4, 0.5) is 0 Å². The first-order valence-corrected chi connectivity index (χ1v) is 6.23. The summed E-state index contributed by atoms with van der Waals surface area (Å²) in [6.07, 6.45) is -0.766. The predicted octanol–water partition coefficient (Wildman–Crippen LogP) is 2.22. The van der Waals surface area contributed by atoms with E-state index in [1.54, 1.807) is 0 Å². The van der Waals surface area contributed by atoms with E-state index in [9.17, 15) is 25.2 Å². The molecule has 4 N–H and O–H groups in total. The van der Waals surface area contributed by atoms with Gasteiger partial charge in [0.25, 0.3) is 0 Å². The number of carbonyl (C=O) groups excluding carboxylic acids is 1. The molecule has 21 heavy (non-hydrogen) atoms. The van der Waals surface area contributed by atoms with E-state index in [0.29, 0.717) is 5.56 Å². The molecular weight excluding hydrogens is 276 g/mol. The van der Waals surface area contributed by atoms with Crippen LogP contribution in [-0.2, 0) is 0 Å². The average molecular weight is 288 g/mol. The highest BCUT2D eigenvalue weighted by Gasteiger charge is 2.31. The Morgan fingerprint density at radius 2 is 1.52 bits per heavy atom. The molecule has 2 aromatic carbocycles. The van der Waals surface area contributed by atoms with Gasteiger partial charge in [-0.15, -0.1) is 0 Å². The van der Waals surface area contributed by atoms with Gasteiger partial charge in [-0.25, -0.2) is 0 Å². The summed E-state index contributed by atoms with van der Waals surface area (Å²) in [7, 11) is 0. The number of aromatic hydroxyl groups is 4. The summed E-state index contributed by atoms with van der Waals surface area (Å²) in [6, 6.07) is 6.23. The molecule has 0 aliphatic carbocycles. The molecule has 6 heteroatoms. The van der Waals surface area contributed by atoms with Gasteiger partial charge >= 0.3 is 0 Å². The zero-order chi connectivity index (χ0) is 15.1. The van der Waals surface area contributed by atoms with E-state index in [4.69, 9.17) is 4.74 Å². The highest BCUT2D eigenvalue weighted by Crippen LogP contribution is 2.42. The fraction of sp³-hybridized carbons (Fsp3) is 0.133. The SMILES string of the molecule is O=C1C[C@@H](c2cc(O)cc(O)c2)Oc2cc(O)cc(O)c21. The zero-order valence-electron chi connectivity index (χ0n) is 10.8. The zero-order valence-corrected chi connectivity index (χ0v) is 10.8. The van der Waals surface area contributed by atoms with Crippen molar-refractivity contribution in [3.05, 3.63) is 41.5 Å². The van der Waals surface area contributed by atoms with Crippen molar-refractivity contribution in [2.45, 2.75) is 12.5 Å². The molecule has 1 aliphatic rings. The number of ether oxygens (including phenoxy) is 1. The second kappa shape index (κ2) is 4.59. The van der Waals surface area contributed by atoms with Crippen molar-refractivity contribution in [1.29, 1.82) is 0 Å². The molecule has 0 unspecified atom stereocenters. The van der Waals surface area contributed by atoms with Gasteiger partial charge in [0.05, 0.1) is 6.42 Å². The van der Waals surface area contributed by atoms with Gasteiger partial charge in [-0.05, 0) is 12.1 Å². The molecule has 0 saturated heterocycles. The lowest BCUT2D eigenvalue weighted by atomic mass is 9.95. The van der Waals surface area contributed by atoms with Crippen molar-refractivity contribution in [3.8, 4) is 28.7 Å². The summed E-state index contributed by atoms with van der Waals surface area (Å²) in [5.41, 5.74) is 0.447. The lowest BCUT2D eigenvalue weighted by molar-refractivity contribution is 0.0844. The lowest BCUT2D eigenvalue weighted by Crippen LogP contribution is -2.20. The van der Waals surface area contributed by atoms with E-state index in [0.717, 1.165) is 6.07 Å². The molecule has 0 radical (unpaired) electrons. The Labute approximate surface area is 119 Å². The van der Waals surface area contributed by atoms with E-state index >= 15 is 0 Å². The number of fused-ring (bicyclic) bond motifs is 1. The van der Waals surface area contributed by atoms with Gasteiger partial charge in [-0.3, -0.25) is 4.79 Å². The van der Waals surface area contributed by atoms with E-state index in [2.05, 4.69) is 0 Å². The van der Waals surface area contributed by atoms with E-state index in [1.807, 2.05) is 0 Å². The van der Waals surface area contributed by atoms with Crippen LogP contribution in [0.5, 0.6) is 28.7 Å². The van der Waals surface area contributed by atoms with Crippen molar-refractivity contribution in [2.75, 3.05) is 0 Å². The van der Waals surface area contributed by atoms with Crippen LogP contribution in [0, 0.1) is 0 Å². The third-order valence-electron chi connectivity index (χ3n) is 3.28. The van der Waals surface area contributed by atoms with Crippen molar-refractivity contribution in [1.82, 2.24) is 0 Å². The fourth-order valence-electron chi connectivity index (χ4n) is 2.42. The molecule has 1 aliphatic heterocycles. The molecule has 0 bridgehead atoms. The van der Waals surface area contributed by atoms with Gasteiger partial charge in [0, 0.05) is 23.8 Å². The highest BCUT2D eigenvalue weighted by molar-refractivity contribution is 6.02. The summed E-state index contributed by atoms with van der Waals surface area (Å²) < 4.78 is 5.60. The molecule has 2 aromatic rings. The van der Waals surface area contributed by atoms with Crippen LogP contribution in [0.15, 0.2) is 30.3 Å². The smallest absolute Gasteiger partial charge is 0.174 e. The number of rotatable bonds is 1. The van der Waals surface area contributed by atoms with Gasteiger partial charge in [0.1, 0.15) is 40.4 Å². The van der Waals surface area contributed by atoms with E-state index in [-0.39, 0.29) is 46.5 Å². The van der Waals surface area contributed by atoms with E-state index in [1.165, 1.54) is 24.3 Å². The van der Waals surface area contributed by atoms with Gasteiger partial charge in [-0.1, -0.05) is 0 Å². The highest BCUT2D eigenvalue weighted by atomic mass is 16.5. The Balaban J connectivity index is 2.04. The molecule has 3 rings (SSSR count). The number of carbonyl (C=O) groups is 1. The molecule has 0 amide bonds. The van der Waals surface area contributed by atoms with Crippen LogP contribution in [0.2, 0.25) is 0 Å². The monoisotopic (exact) mass is 288 g/mol. The number of phenolic OH excluding ortho intramolecular Hbond substituents is 4. The first kappa shape index (κ1) is 13.1. The van der Waals surface area contributed by atoms with Crippen LogP contribution in [0.25, 0.3) is 0 Å². The van der Waals surface area contributed by atoms with Crippen LogP contribution in [0.1, 0.15) is 28.4 Å². The molecule has 6 nitrogen and oxygen atoms in total. The molecule has 0 aromatic heterocycles.